The first kappa shape index (κ1) is 19.8. The van der Waals surface area contributed by atoms with Gasteiger partial charge in [-0.05, 0) is 36.3 Å². The number of benzene rings is 1. The lowest BCUT2D eigenvalue weighted by atomic mass is 9.97. The number of anilines is 1. The van der Waals surface area contributed by atoms with Gasteiger partial charge in [0.25, 0.3) is 0 Å². The van der Waals surface area contributed by atoms with Gasteiger partial charge in [-0.1, -0.05) is 61.9 Å². The molecular formula is C25H32N4. The minimum atomic E-state index is 0.669. The largest absolute Gasteiger partial charge is 0.353 e. The second-order valence-electron chi connectivity index (χ2n) is 7.99. The Balaban J connectivity index is 0.000000994. The van der Waals surface area contributed by atoms with Crippen LogP contribution in [0.3, 0.4) is 0 Å². The number of fused-ring (bicyclic) bond motifs is 1. The third kappa shape index (κ3) is 4.43. The van der Waals surface area contributed by atoms with Crippen LogP contribution in [0.1, 0.15) is 38.4 Å². The Labute approximate surface area is 175 Å². The molecule has 2 aliphatic carbocycles. The summed E-state index contributed by atoms with van der Waals surface area (Å²) in [5.74, 6) is 2.44. The van der Waals surface area contributed by atoms with Crippen molar-refractivity contribution in [1.29, 1.82) is 0 Å². The fraction of sp³-hybridized carbons (Fsp3) is 0.440. The van der Waals surface area contributed by atoms with Crippen molar-refractivity contribution < 1.29 is 0 Å². The highest BCUT2D eigenvalue weighted by molar-refractivity contribution is 5.72. The standard InChI is InChI=1S/C23H26N4.C2H6/c1-17-7-8-19(21-13-20(17)21)22-14-24-15-23(25-22)27-11-9-26(10-12-27)16-18-5-3-2-4-6-18;1-2/h2-8,14-15,20-21H,9-13,16H2,1H3;1-2H3. The average Bonchev–Trinajstić information content (AvgIpc) is 3.59. The molecule has 1 saturated carbocycles. The summed E-state index contributed by atoms with van der Waals surface area (Å²) >= 11 is 0. The van der Waals surface area contributed by atoms with E-state index in [2.05, 4.69) is 64.2 Å². The summed E-state index contributed by atoms with van der Waals surface area (Å²) < 4.78 is 0. The second-order valence-corrected chi connectivity index (χ2v) is 7.99. The van der Waals surface area contributed by atoms with Crippen LogP contribution in [-0.4, -0.2) is 41.0 Å². The van der Waals surface area contributed by atoms with Crippen molar-refractivity contribution in [1.82, 2.24) is 14.9 Å². The fourth-order valence-corrected chi connectivity index (χ4v) is 4.41. The fourth-order valence-electron chi connectivity index (χ4n) is 4.41. The first-order valence-electron chi connectivity index (χ1n) is 11.0. The molecule has 5 rings (SSSR count). The Morgan fingerprint density at radius 2 is 1.69 bits per heavy atom. The van der Waals surface area contributed by atoms with Gasteiger partial charge in [-0.2, -0.15) is 0 Å². The zero-order valence-electron chi connectivity index (χ0n) is 17.9. The van der Waals surface area contributed by atoms with E-state index in [-0.39, 0.29) is 0 Å². The lowest BCUT2D eigenvalue weighted by Crippen LogP contribution is -2.46. The summed E-state index contributed by atoms with van der Waals surface area (Å²) in [6.07, 6.45) is 9.66. The van der Waals surface area contributed by atoms with Crippen LogP contribution in [-0.2, 0) is 6.54 Å². The molecule has 0 radical (unpaired) electrons. The molecule has 2 atom stereocenters. The SMILES string of the molecule is CC.CC1=CC=C(c2cncc(N3CCN(Cc4ccccc4)CC3)n2)C2CC12. The van der Waals surface area contributed by atoms with Crippen LogP contribution >= 0.6 is 0 Å². The quantitative estimate of drug-likeness (QED) is 0.753. The van der Waals surface area contributed by atoms with Gasteiger partial charge >= 0.3 is 0 Å². The van der Waals surface area contributed by atoms with Gasteiger partial charge in [0.05, 0.1) is 18.1 Å². The number of allylic oxidation sites excluding steroid dienone is 4. The van der Waals surface area contributed by atoms with Crippen LogP contribution in [0.15, 0.2) is 60.5 Å². The minimum Gasteiger partial charge on any atom is -0.353 e. The Morgan fingerprint density at radius 1 is 0.931 bits per heavy atom. The smallest absolute Gasteiger partial charge is 0.147 e. The van der Waals surface area contributed by atoms with Crippen molar-refractivity contribution in [2.24, 2.45) is 11.8 Å². The van der Waals surface area contributed by atoms with Gasteiger partial charge in [0.1, 0.15) is 5.82 Å². The maximum atomic E-state index is 4.98. The van der Waals surface area contributed by atoms with E-state index in [1.807, 2.05) is 26.2 Å². The molecule has 152 valence electrons. The predicted molar refractivity (Wildman–Crippen MR) is 121 cm³/mol. The number of hydrogen-bond donors (Lipinski definition) is 0. The third-order valence-corrected chi connectivity index (χ3v) is 6.16. The summed E-state index contributed by atoms with van der Waals surface area (Å²) in [4.78, 5) is 14.4. The van der Waals surface area contributed by atoms with Gasteiger partial charge < -0.3 is 4.90 Å². The topological polar surface area (TPSA) is 32.3 Å². The van der Waals surface area contributed by atoms with E-state index in [9.17, 15) is 0 Å². The van der Waals surface area contributed by atoms with Gasteiger partial charge in [0, 0.05) is 32.7 Å². The number of aromatic nitrogens is 2. The maximum Gasteiger partial charge on any atom is 0.147 e. The lowest BCUT2D eigenvalue weighted by Gasteiger charge is -2.35. The van der Waals surface area contributed by atoms with Gasteiger partial charge in [-0.15, -0.1) is 0 Å². The van der Waals surface area contributed by atoms with Crippen LogP contribution < -0.4 is 4.90 Å². The molecule has 0 N–H and O–H groups in total. The molecule has 0 bridgehead atoms. The molecule has 29 heavy (non-hydrogen) atoms. The molecule has 1 aliphatic heterocycles. The van der Waals surface area contributed by atoms with Gasteiger partial charge in [0.2, 0.25) is 0 Å². The Hall–Kier alpha value is -2.46. The van der Waals surface area contributed by atoms with Crippen molar-refractivity contribution in [2.75, 3.05) is 31.1 Å². The Kier molecular flexibility index (Phi) is 6.10. The number of rotatable bonds is 4. The summed E-state index contributed by atoms with van der Waals surface area (Å²) in [6, 6.07) is 10.7. The Morgan fingerprint density at radius 3 is 2.45 bits per heavy atom. The van der Waals surface area contributed by atoms with E-state index < -0.39 is 0 Å². The molecule has 2 heterocycles. The molecule has 0 amide bonds. The van der Waals surface area contributed by atoms with Gasteiger partial charge in [0.15, 0.2) is 0 Å². The van der Waals surface area contributed by atoms with Gasteiger partial charge in [-0.3, -0.25) is 9.88 Å². The van der Waals surface area contributed by atoms with Crippen LogP contribution in [0.25, 0.3) is 5.57 Å². The van der Waals surface area contributed by atoms with E-state index >= 15 is 0 Å². The number of piperazine rings is 1. The van der Waals surface area contributed by atoms with E-state index in [1.54, 1.807) is 0 Å². The Bertz CT molecular complexity index is 879. The molecular weight excluding hydrogens is 356 g/mol. The van der Waals surface area contributed by atoms with E-state index in [0.29, 0.717) is 5.92 Å². The van der Waals surface area contributed by atoms with Crippen LogP contribution in [0, 0.1) is 11.8 Å². The molecule has 2 aromatic rings. The lowest BCUT2D eigenvalue weighted by molar-refractivity contribution is 0.249. The van der Waals surface area contributed by atoms with E-state index in [0.717, 1.165) is 50.2 Å². The second kappa shape index (κ2) is 8.91. The van der Waals surface area contributed by atoms with Crippen molar-refractivity contribution in [3.63, 3.8) is 0 Å². The normalized spacial score (nSPS) is 23.3. The zero-order chi connectivity index (χ0) is 20.2. The monoisotopic (exact) mass is 388 g/mol. The molecule has 4 nitrogen and oxygen atoms in total. The van der Waals surface area contributed by atoms with Crippen LogP contribution in [0.4, 0.5) is 5.82 Å². The maximum absolute atomic E-state index is 4.98. The van der Waals surface area contributed by atoms with Crippen molar-refractivity contribution in [3.8, 4) is 0 Å². The molecule has 1 saturated heterocycles. The predicted octanol–water partition coefficient (Wildman–Crippen LogP) is 4.80. The summed E-state index contributed by atoms with van der Waals surface area (Å²) in [7, 11) is 0. The highest BCUT2D eigenvalue weighted by Crippen LogP contribution is 2.53. The number of hydrogen-bond acceptors (Lipinski definition) is 4. The summed E-state index contributed by atoms with van der Waals surface area (Å²) in [6.45, 7) is 11.4. The van der Waals surface area contributed by atoms with E-state index in [4.69, 9.17) is 4.98 Å². The zero-order valence-corrected chi connectivity index (χ0v) is 17.9. The molecule has 3 aliphatic rings. The molecule has 4 heteroatoms. The van der Waals surface area contributed by atoms with Crippen LogP contribution in [0.5, 0.6) is 0 Å². The van der Waals surface area contributed by atoms with Crippen LogP contribution in [0.2, 0.25) is 0 Å². The van der Waals surface area contributed by atoms with E-state index in [1.165, 1.54) is 23.1 Å². The summed E-state index contributed by atoms with van der Waals surface area (Å²) in [5.41, 5.74) is 5.35. The summed E-state index contributed by atoms with van der Waals surface area (Å²) in [5, 5.41) is 0. The molecule has 1 aromatic heterocycles. The minimum absolute atomic E-state index is 0.669. The highest BCUT2D eigenvalue weighted by Gasteiger charge is 2.43. The average molecular weight is 389 g/mol. The van der Waals surface area contributed by atoms with Crippen molar-refractivity contribution in [2.45, 2.75) is 33.7 Å². The highest BCUT2D eigenvalue weighted by atomic mass is 15.3. The van der Waals surface area contributed by atoms with Crippen molar-refractivity contribution in [3.05, 3.63) is 71.7 Å². The molecule has 2 fully saturated rings. The molecule has 2 unspecified atom stereocenters. The third-order valence-electron chi connectivity index (χ3n) is 6.16. The number of nitrogens with zero attached hydrogens (tertiary/aromatic N) is 4. The molecule has 0 spiro atoms. The molecule has 1 aromatic carbocycles. The first-order valence-corrected chi connectivity index (χ1v) is 11.0. The first-order chi connectivity index (χ1) is 14.3. The van der Waals surface area contributed by atoms with Gasteiger partial charge in [-0.25, -0.2) is 4.98 Å². The van der Waals surface area contributed by atoms with Crippen molar-refractivity contribution >= 4 is 11.4 Å².